The van der Waals surface area contributed by atoms with Crippen molar-refractivity contribution in [2.24, 2.45) is 5.90 Å². The molecule has 1 saturated heterocycles. The molecule has 0 aromatic carbocycles. The van der Waals surface area contributed by atoms with Gasteiger partial charge >= 0.3 is 0 Å². The Morgan fingerprint density at radius 3 is 2.27 bits per heavy atom. The van der Waals surface area contributed by atoms with E-state index in [4.69, 9.17) is 0 Å². The third kappa shape index (κ3) is 11.3. The first-order valence-electron chi connectivity index (χ1n) is 5.28. The quantitative estimate of drug-likeness (QED) is 0.625. The molecule has 92 valence electrons. The van der Waals surface area contributed by atoms with Crippen LogP contribution in [0.15, 0.2) is 0 Å². The molecule has 0 aliphatic carbocycles. The van der Waals surface area contributed by atoms with Crippen LogP contribution >= 0.6 is 0 Å². The molecule has 1 amide bonds. The highest BCUT2D eigenvalue weighted by atomic mass is 16.6. The Labute approximate surface area is 92.9 Å². The van der Waals surface area contributed by atoms with Gasteiger partial charge in [0.25, 0.3) is 0 Å². The van der Waals surface area contributed by atoms with Gasteiger partial charge in [0.1, 0.15) is 0 Å². The van der Waals surface area contributed by atoms with E-state index in [0.717, 1.165) is 19.5 Å². The van der Waals surface area contributed by atoms with E-state index in [1.165, 1.54) is 7.11 Å². The molecule has 5 heteroatoms. The summed E-state index contributed by atoms with van der Waals surface area (Å²) in [6.07, 6.45) is 1.09. The SMILES string of the molecule is CC.CC(=O)N[C@@H]1CCN(C)C1.CON. The van der Waals surface area contributed by atoms with Crippen LogP contribution in [0.3, 0.4) is 0 Å². The largest absolute Gasteiger partial charge is 0.352 e. The lowest BCUT2D eigenvalue weighted by molar-refractivity contribution is -0.119. The third-order valence-corrected chi connectivity index (χ3v) is 1.80. The fraction of sp³-hybridized carbons (Fsp3) is 0.900. The summed E-state index contributed by atoms with van der Waals surface area (Å²) in [7, 11) is 3.47. The van der Waals surface area contributed by atoms with Gasteiger partial charge < -0.3 is 15.1 Å². The van der Waals surface area contributed by atoms with E-state index >= 15 is 0 Å². The van der Waals surface area contributed by atoms with Gasteiger partial charge in [0.05, 0.1) is 7.11 Å². The van der Waals surface area contributed by atoms with Gasteiger partial charge in [-0.05, 0) is 20.0 Å². The van der Waals surface area contributed by atoms with Crippen molar-refractivity contribution in [3.05, 3.63) is 0 Å². The number of likely N-dealkylation sites (tertiary alicyclic amines) is 1. The summed E-state index contributed by atoms with van der Waals surface area (Å²) < 4.78 is 0. The molecule has 0 aromatic rings. The fourth-order valence-corrected chi connectivity index (χ4v) is 1.34. The minimum Gasteiger partial charge on any atom is -0.352 e. The second-order valence-corrected chi connectivity index (χ2v) is 3.18. The van der Waals surface area contributed by atoms with Crippen LogP contribution in [0.5, 0.6) is 0 Å². The minimum atomic E-state index is 0.0836. The number of nitrogens with zero attached hydrogens (tertiary/aromatic N) is 1. The van der Waals surface area contributed by atoms with Crippen molar-refractivity contribution in [2.45, 2.75) is 33.2 Å². The summed E-state index contributed by atoms with van der Waals surface area (Å²) in [4.78, 5) is 16.5. The lowest BCUT2D eigenvalue weighted by atomic mass is 10.3. The number of nitrogens with two attached hydrogens (primary N) is 1. The minimum absolute atomic E-state index is 0.0836. The molecule has 1 heterocycles. The average Bonchev–Trinajstić information content (AvgIpc) is 2.55. The fourth-order valence-electron chi connectivity index (χ4n) is 1.34. The first kappa shape index (κ1) is 16.8. The van der Waals surface area contributed by atoms with Crippen LogP contribution in [-0.4, -0.2) is 44.1 Å². The summed E-state index contributed by atoms with van der Waals surface area (Å²) in [6, 6.07) is 0.391. The number of likely N-dealkylation sites (N-methyl/N-ethyl adjacent to an activating group) is 1. The molecule has 0 bridgehead atoms. The predicted molar refractivity (Wildman–Crippen MR) is 62.3 cm³/mol. The van der Waals surface area contributed by atoms with E-state index in [-0.39, 0.29) is 5.91 Å². The molecule has 0 saturated carbocycles. The van der Waals surface area contributed by atoms with E-state index in [1.807, 2.05) is 13.8 Å². The first-order valence-corrected chi connectivity index (χ1v) is 5.28. The maximum atomic E-state index is 10.6. The molecule has 0 spiro atoms. The van der Waals surface area contributed by atoms with E-state index in [0.29, 0.717) is 6.04 Å². The van der Waals surface area contributed by atoms with E-state index in [2.05, 4.69) is 28.0 Å². The highest BCUT2D eigenvalue weighted by Crippen LogP contribution is 2.05. The molecule has 1 aliphatic rings. The van der Waals surface area contributed by atoms with Gasteiger partial charge in [-0.1, -0.05) is 13.8 Å². The lowest BCUT2D eigenvalue weighted by Crippen LogP contribution is -2.34. The summed E-state index contributed by atoms with van der Waals surface area (Å²) in [5.74, 6) is 4.43. The lowest BCUT2D eigenvalue weighted by Gasteiger charge is -2.10. The molecule has 1 rings (SSSR count). The number of rotatable bonds is 1. The molecular weight excluding hydrogens is 194 g/mol. The number of amides is 1. The van der Waals surface area contributed by atoms with Gasteiger partial charge in [0, 0.05) is 19.5 Å². The smallest absolute Gasteiger partial charge is 0.217 e. The van der Waals surface area contributed by atoms with Crippen molar-refractivity contribution in [3.8, 4) is 0 Å². The van der Waals surface area contributed by atoms with Gasteiger partial charge in [-0.3, -0.25) is 4.79 Å². The zero-order chi connectivity index (χ0) is 12.3. The predicted octanol–water partition coefficient (Wildman–Crippen LogP) is 0.359. The normalized spacial score (nSPS) is 19.5. The number of nitrogens with one attached hydrogen (secondary N) is 1. The van der Waals surface area contributed by atoms with Gasteiger partial charge in [-0.2, -0.15) is 0 Å². The molecule has 3 N–H and O–H groups in total. The van der Waals surface area contributed by atoms with Crippen molar-refractivity contribution in [1.29, 1.82) is 0 Å². The van der Waals surface area contributed by atoms with Crippen LogP contribution < -0.4 is 11.2 Å². The maximum absolute atomic E-state index is 10.6. The second kappa shape index (κ2) is 11.4. The first-order chi connectivity index (χ1) is 7.10. The Kier molecular flexibility index (Phi) is 12.8. The van der Waals surface area contributed by atoms with Gasteiger partial charge in [0.15, 0.2) is 0 Å². The van der Waals surface area contributed by atoms with Crippen LogP contribution in [0.1, 0.15) is 27.2 Å². The number of carbonyl (C=O) groups excluding carboxylic acids is 1. The number of hydrogen-bond donors (Lipinski definition) is 2. The number of hydrogen-bond acceptors (Lipinski definition) is 4. The van der Waals surface area contributed by atoms with Crippen molar-refractivity contribution < 1.29 is 9.63 Å². The van der Waals surface area contributed by atoms with Gasteiger partial charge in [-0.25, -0.2) is 5.90 Å². The van der Waals surface area contributed by atoms with Crippen molar-refractivity contribution in [3.63, 3.8) is 0 Å². The van der Waals surface area contributed by atoms with E-state index < -0.39 is 0 Å². The monoisotopic (exact) mass is 219 g/mol. The molecular formula is C10H25N3O2. The van der Waals surface area contributed by atoms with Crippen molar-refractivity contribution in [2.75, 3.05) is 27.2 Å². The summed E-state index contributed by atoms with van der Waals surface area (Å²) in [6.45, 7) is 7.67. The molecule has 1 aliphatic heterocycles. The van der Waals surface area contributed by atoms with Crippen LogP contribution in [0.2, 0.25) is 0 Å². The zero-order valence-corrected chi connectivity index (χ0v) is 10.5. The Hall–Kier alpha value is -0.650. The van der Waals surface area contributed by atoms with Gasteiger partial charge in [-0.15, -0.1) is 0 Å². The standard InChI is InChI=1S/C7H14N2O.C2H6.CH5NO/c1-6(10)8-7-3-4-9(2)5-7;1-2;1-3-2/h7H,3-5H2,1-2H3,(H,8,10);1-2H3;2H2,1H3/t7-;;/m1../s1. The van der Waals surface area contributed by atoms with E-state index in [1.54, 1.807) is 6.92 Å². The zero-order valence-electron chi connectivity index (χ0n) is 10.5. The van der Waals surface area contributed by atoms with E-state index in [9.17, 15) is 4.79 Å². The van der Waals surface area contributed by atoms with Crippen LogP contribution in [0, 0.1) is 0 Å². The van der Waals surface area contributed by atoms with Crippen LogP contribution in [0.25, 0.3) is 0 Å². The summed E-state index contributed by atoms with van der Waals surface area (Å²) in [5, 5.41) is 2.89. The number of carbonyl (C=O) groups is 1. The Morgan fingerprint density at radius 2 is 2.00 bits per heavy atom. The Balaban J connectivity index is 0. The molecule has 1 atom stereocenters. The van der Waals surface area contributed by atoms with Crippen LogP contribution in [0.4, 0.5) is 0 Å². The Bertz CT molecular complexity index is 154. The molecule has 0 aromatic heterocycles. The summed E-state index contributed by atoms with van der Waals surface area (Å²) >= 11 is 0. The molecule has 5 nitrogen and oxygen atoms in total. The highest BCUT2D eigenvalue weighted by molar-refractivity contribution is 5.73. The second-order valence-electron chi connectivity index (χ2n) is 3.18. The maximum Gasteiger partial charge on any atom is 0.217 e. The molecule has 15 heavy (non-hydrogen) atoms. The molecule has 1 fully saturated rings. The van der Waals surface area contributed by atoms with Crippen LogP contribution in [-0.2, 0) is 9.63 Å². The van der Waals surface area contributed by atoms with Crippen molar-refractivity contribution in [1.82, 2.24) is 10.2 Å². The van der Waals surface area contributed by atoms with Gasteiger partial charge in [0.2, 0.25) is 5.91 Å². The highest BCUT2D eigenvalue weighted by Gasteiger charge is 2.19. The third-order valence-electron chi connectivity index (χ3n) is 1.80. The topological polar surface area (TPSA) is 67.6 Å². The van der Waals surface area contributed by atoms with Crippen molar-refractivity contribution >= 4 is 5.91 Å². The summed E-state index contributed by atoms with van der Waals surface area (Å²) in [5.41, 5.74) is 0. The molecule has 0 radical (unpaired) electrons. The average molecular weight is 219 g/mol. The molecule has 0 unspecified atom stereocenters. The Morgan fingerprint density at radius 1 is 1.53 bits per heavy atom.